The third-order valence-corrected chi connectivity index (χ3v) is 2.64. The van der Waals surface area contributed by atoms with Crippen LogP contribution in [0.15, 0.2) is 6.33 Å². The van der Waals surface area contributed by atoms with Gasteiger partial charge in [0.25, 0.3) is 5.91 Å². The normalized spacial score (nSPS) is 19.2. The van der Waals surface area contributed by atoms with Gasteiger partial charge in [-0.1, -0.05) is 0 Å². The van der Waals surface area contributed by atoms with Crippen molar-refractivity contribution in [3.05, 3.63) is 17.7 Å². The maximum atomic E-state index is 11.7. The Labute approximate surface area is 97.2 Å². The van der Waals surface area contributed by atoms with Crippen molar-refractivity contribution in [2.45, 2.75) is 6.42 Å². The van der Waals surface area contributed by atoms with E-state index in [1.165, 1.54) is 6.33 Å². The van der Waals surface area contributed by atoms with Crippen LogP contribution >= 0.6 is 0 Å². The second-order valence-corrected chi connectivity index (χ2v) is 3.87. The Bertz CT molecular complexity index is 423. The predicted molar refractivity (Wildman–Crippen MR) is 56.8 cm³/mol. The first-order chi connectivity index (χ1) is 8.18. The zero-order valence-electron chi connectivity index (χ0n) is 9.10. The van der Waals surface area contributed by atoms with E-state index < -0.39 is 11.9 Å². The Hall–Kier alpha value is -1.89. The minimum absolute atomic E-state index is 0.0867. The van der Waals surface area contributed by atoms with E-state index in [-0.39, 0.29) is 11.4 Å². The molecule has 0 bridgehead atoms. The minimum atomic E-state index is -1.20. The molecular formula is C10H13N3O4. The number of hydrogen-bond donors (Lipinski definition) is 3. The Morgan fingerprint density at radius 1 is 1.65 bits per heavy atom. The van der Waals surface area contributed by atoms with Gasteiger partial charge in [0.15, 0.2) is 11.4 Å². The summed E-state index contributed by atoms with van der Waals surface area (Å²) >= 11 is 0. The predicted octanol–water partition coefficient (Wildman–Crippen LogP) is -0.126. The van der Waals surface area contributed by atoms with Crippen molar-refractivity contribution < 1.29 is 19.4 Å². The number of carbonyl (C=O) groups is 2. The summed E-state index contributed by atoms with van der Waals surface area (Å²) in [5, 5.41) is 11.5. The highest BCUT2D eigenvalue weighted by atomic mass is 16.5. The van der Waals surface area contributed by atoms with Crippen molar-refractivity contribution in [2.24, 2.45) is 5.92 Å². The van der Waals surface area contributed by atoms with Crippen LogP contribution in [0, 0.1) is 5.92 Å². The summed E-state index contributed by atoms with van der Waals surface area (Å²) in [6.07, 6.45) is 2.10. The molecule has 0 saturated carbocycles. The lowest BCUT2D eigenvalue weighted by Crippen LogP contribution is -2.30. The summed E-state index contributed by atoms with van der Waals surface area (Å²) in [6, 6.07) is 0. The summed E-state index contributed by atoms with van der Waals surface area (Å²) in [6.45, 7) is 1.82. The van der Waals surface area contributed by atoms with E-state index in [1.54, 1.807) is 0 Å². The quantitative estimate of drug-likeness (QED) is 0.679. The van der Waals surface area contributed by atoms with Crippen LogP contribution < -0.4 is 5.32 Å². The molecule has 7 heteroatoms. The molecule has 7 nitrogen and oxygen atoms in total. The number of ether oxygens (including phenoxy) is 1. The largest absolute Gasteiger partial charge is 0.477 e. The molecule has 0 spiro atoms. The summed E-state index contributed by atoms with van der Waals surface area (Å²) in [5.41, 5.74) is -0.276. The van der Waals surface area contributed by atoms with E-state index in [0.29, 0.717) is 25.7 Å². The van der Waals surface area contributed by atoms with Crippen molar-refractivity contribution in [3.63, 3.8) is 0 Å². The second-order valence-electron chi connectivity index (χ2n) is 3.87. The van der Waals surface area contributed by atoms with Gasteiger partial charge in [-0.3, -0.25) is 4.79 Å². The topological polar surface area (TPSA) is 104 Å². The average Bonchev–Trinajstić information content (AvgIpc) is 2.96. The molecule has 1 saturated heterocycles. The SMILES string of the molecule is O=C(NCC1CCOC1)c1nc[nH]c1C(=O)O. The first-order valence-corrected chi connectivity index (χ1v) is 5.31. The van der Waals surface area contributed by atoms with Crippen LogP contribution in [0.5, 0.6) is 0 Å². The number of aromatic nitrogens is 2. The minimum Gasteiger partial charge on any atom is -0.477 e. The van der Waals surface area contributed by atoms with Crippen molar-refractivity contribution in [3.8, 4) is 0 Å². The second kappa shape index (κ2) is 4.96. The molecule has 1 aliphatic rings. The van der Waals surface area contributed by atoms with Crippen LogP contribution in [-0.2, 0) is 4.74 Å². The highest BCUT2D eigenvalue weighted by molar-refractivity contribution is 6.02. The van der Waals surface area contributed by atoms with Crippen LogP contribution in [0.3, 0.4) is 0 Å². The summed E-state index contributed by atoms with van der Waals surface area (Å²) in [4.78, 5) is 28.6. The molecule has 0 aliphatic carbocycles. The van der Waals surface area contributed by atoms with Gasteiger partial charge in [-0.2, -0.15) is 0 Å². The Balaban J connectivity index is 1.94. The third kappa shape index (κ3) is 2.62. The van der Waals surface area contributed by atoms with Gasteiger partial charge in [0.1, 0.15) is 0 Å². The van der Waals surface area contributed by atoms with Crippen molar-refractivity contribution >= 4 is 11.9 Å². The molecule has 1 fully saturated rings. The van der Waals surface area contributed by atoms with E-state index in [9.17, 15) is 9.59 Å². The number of amides is 1. The molecule has 1 aromatic heterocycles. The molecule has 0 radical (unpaired) electrons. The monoisotopic (exact) mass is 239 g/mol. The lowest BCUT2D eigenvalue weighted by molar-refractivity contribution is 0.0684. The smallest absolute Gasteiger partial charge is 0.354 e. The molecule has 2 rings (SSSR count). The third-order valence-electron chi connectivity index (χ3n) is 2.64. The molecule has 92 valence electrons. The number of H-pyrrole nitrogens is 1. The molecule has 2 heterocycles. The average molecular weight is 239 g/mol. The van der Waals surface area contributed by atoms with E-state index in [0.717, 1.165) is 6.42 Å². The number of rotatable bonds is 4. The van der Waals surface area contributed by atoms with Crippen LogP contribution in [0.4, 0.5) is 0 Å². The van der Waals surface area contributed by atoms with Gasteiger partial charge in [0, 0.05) is 19.1 Å². The zero-order chi connectivity index (χ0) is 12.3. The molecule has 17 heavy (non-hydrogen) atoms. The van der Waals surface area contributed by atoms with Crippen LogP contribution in [0.25, 0.3) is 0 Å². The molecule has 3 N–H and O–H groups in total. The Kier molecular flexibility index (Phi) is 3.38. The first kappa shape index (κ1) is 11.6. The molecule has 1 aliphatic heterocycles. The van der Waals surface area contributed by atoms with Crippen LogP contribution in [0.2, 0.25) is 0 Å². The number of imidazole rings is 1. The number of carboxylic acid groups (broad SMARTS) is 1. The van der Waals surface area contributed by atoms with Crippen LogP contribution in [0.1, 0.15) is 27.4 Å². The molecule has 0 aromatic carbocycles. The molecule has 1 atom stereocenters. The van der Waals surface area contributed by atoms with Crippen LogP contribution in [-0.4, -0.2) is 46.7 Å². The van der Waals surface area contributed by atoms with Crippen molar-refractivity contribution in [2.75, 3.05) is 19.8 Å². The highest BCUT2D eigenvalue weighted by Crippen LogP contribution is 2.11. The van der Waals surface area contributed by atoms with E-state index >= 15 is 0 Å². The number of carboxylic acids is 1. The van der Waals surface area contributed by atoms with Gasteiger partial charge in [0.05, 0.1) is 12.9 Å². The maximum Gasteiger partial charge on any atom is 0.354 e. The number of aromatic amines is 1. The maximum absolute atomic E-state index is 11.7. The first-order valence-electron chi connectivity index (χ1n) is 5.31. The summed E-state index contributed by atoms with van der Waals surface area (Å²) in [5.74, 6) is -1.38. The Morgan fingerprint density at radius 2 is 2.47 bits per heavy atom. The van der Waals surface area contributed by atoms with Gasteiger partial charge in [-0.15, -0.1) is 0 Å². The molecule has 1 unspecified atom stereocenters. The fourth-order valence-electron chi connectivity index (χ4n) is 1.69. The van der Waals surface area contributed by atoms with Gasteiger partial charge in [0.2, 0.25) is 0 Å². The number of aromatic carboxylic acids is 1. The number of carbonyl (C=O) groups excluding carboxylic acids is 1. The number of nitrogens with zero attached hydrogens (tertiary/aromatic N) is 1. The lowest BCUT2D eigenvalue weighted by atomic mass is 10.1. The van der Waals surface area contributed by atoms with E-state index in [2.05, 4.69) is 15.3 Å². The standard InChI is InChI=1S/C10H13N3O4/c14-9(11-3-6-1-2-17-4-6)7-8(10(15)16)13-5-12-7/h5-6H,1-4H2,(H,11,14)(H,12,13)(H,15,16). The fraction of sp³-hybridized carbons (Fsp3) is 0.500. The fourth-order valence-corrected chi connectivity index (χ4v) is 1.69. The van der Waals surface area contributed by atoms with Crippen molar-refractivity contribution in [1.29, 1.82) is 0 Å². The summed E-state index contributed by atoms with van der Waals surface area (Å²) < 4.78 is 5.17. The van der Waals surface area contributed by atoms with E-state index in [4.69, 9.17) is 9.84 Å². The van der Waals surface area contributed by atoms with Gasteiger partial charge < -0.3 is 20.1 Å². The summed E-state index contributed by atoms with van der Waals surface area (Å²) in [7, 11) is 0. The van der Waals surface area contributed by atoms with Gasteiger partial charge in [-0.05, 0) is 6.42 Å². The number of hydrogen-bond acceptors (Lipinski definition) is 4. The lowest BCUT2D eigenvalue weighted by Gasteiger charge is -2.08. The van der Waals surface area contributed by atoms with Gasteiger partial charge in [-0.25, -0.2) is 9.78 Å². The van der Waals surface area contributed by atoms with Crippen molar-refractivity contribution in [1.82, 2.24) is 15.3 Å². The Morgan fingerprint density at radius 3 is 3.12 bits per heavy atom. The zero-order valence-corrected chi connectivity index (χ0v) is 9.10. The van der Waals surface area contributed by atoms with Gasteiger partial charge >= 0.3 is 5.97 Å². The molecular weight excluding hydrogens is 226 g/mol. The van der Waals surface area contributed by atoms with E-state index in [1.807, 2.05) is 0 Å². The molecule has 1 aromatic rings. The molecule has 1 amide bonds. The number of nitrogens with one attached hydrogen (secondary N) is 2. The highest BCUT2D eigenvalue weighted by Gasteiger charge is 2.21.